The lowest BCUT2D eigenvalue weighted by Crippen LogP contribution is -2.36. The molecular weight excluding hydrogens is 281 g/mol. The second-order valence-corrected chi connectivity index (χ2v) is 5.77. The minimum atomic E-state index is -1.55. The third-order valence-corrected chi connectivity index (χ3v) is 3.97. The molecule has 3 N–H and O–H groups in total. The second kappa shape index (κ2) is 8.81. The van der Waals surface area contributed by atoms with Gasteiger partial charge in [-0.1, -0.05) is 37.5 Å². The van der Waals surface area contributed by atoms with Crippen LogP contribution in [-0.4, -0.2) is 35.7 Å². The number of para-hydroxylation sites is 1. The molecule has 0 bridgehead atoms. The molecule has 1 aromatic carbocycles. The van der Waals surface area contributed by atoms with Crippen LogP contribution in [0.15, 0.2) is 24.3 Å². The van der Waals surface area contributed by atoms with Gasteiger partial charge in [0.1, 0.15) is 5.75 Å². The van der Waals surface area contributed by atoms with Gasteiger partial charge in [-0.15, -0.1) is 0 Å². The van der Waals surface area contributed by atoms with E-state index in [1.807, 2.05) is 0 Å². The highest BCUT2D eigenvalue weighted by Crippen LogP contribution is 2.17. The fourth-order valence-corrected chi connectivity index (χ4v) is 2.79. The van der Waals surface area contributed by atoms with Gasteiger partial charge < -0.3 is 20.1 Å². The Balaban J connectivity index is 1.67. The number of hydrogen-bond donors (Lipinski definition) is 3. The molecular formula is C16H24BNO4. The van der Waals surface area contributed by atoms with E-state index in [4.69, 9.17) is 4.74 Å². The fraction of sp³-hybridized carbons (Fsp3) is 0.562. The van der Waals surface area contributed by atoms with Crippen LogP contribution in [0, 0.1) is 0 Å². The normalized spacial score (nSPS) is 15.4. The van der Waals surface area contributed by atoms with Crippen LogP contribution < -0.4 is 15.5 Å². The average molecular weight is 305 g/mol. The van der Waals surface area contributed by atoms with Gasteiger partial charge in [0.05, 0.1) is 6.61 Å². The van der Waals surface area contributed by atoms with E-state index in [1.54, 1.807) is 24.3 Å². The van der Waals surface area contributed by atoms with Crippen molar-refractivity contribution in [3.63, 3.8) is 0 Å². The van der Waals surface area contributed by atoms with Crippen molar-refractivity contribution in [1.82, 2.24) is 5.32 Å². The first-order chi connectivity index (χ1) is 10.7. The summed E-state index contributed by atoms with van der Waals surface area (Å²) >= 11 is 0. The Morgan fingerprint density at radius 3 is 2.68 bits per heavy atom. The van der Waals surface area contributed by atoms with Gasteiger partial charge in [-0.05, 0) is 25.3 Å². The van der Waals surface area contributed by atoms with Gasteiger partial charge in [-0.25, -0.2) is 0 Å². The molecule has 1 aliphatic rings. The highest BCUT2D eigenvalue weighted by molar-refractivity contribution is 6.59. The first kappa shape index (κ1) is 16.8. The van der Waals surface area contributed by atoms with Crippen molar-refractivity contribution in [3.8, 4) is 5.75 Å². The number of hydrogen-bond acceptors (Lipinski definition) is 4. The molecule has 5 nitrogen and oxygen atoms in total. The van der Waals surface area contributed by atoms with E-state index in [0.717, 1.165) is 12.8 Å². The Kier molecular flexibility index (Phi) is 6.74. The van der Waals surface area contributed by atoms with Crippen molar-refractivity contribution in [1.29, 1.82) is 0 Å². The molecule has 2 rings (SSSR count). The van der Waals surface area contributed by atoms with Crippen molar-refractivity contribution < 1.29 is 19.6 Å². The third kappa shape index (κ3) is 5.35. The average Bonchev–Trinajstić information content (AvgIpc) is 2.53. The van der Waals surface area contributed by atoms with E-state index in [1.165, 1.54) is 19.3 Å². The summed E-state index contributed by atoms with van der Waals surface area (Å²) in [6.07, 6.45) is 6.89. The quantitative estimate of drug-likeness (QED) is 0.518. The zero-order valence-electron chi connectivity index (χ0n) is 12.8. The summed E-state index contributed by atoms with van der Waals surface area (Å²) in [6, 6.07) is 7.13. The Hall–Kier alpha value is -1.53. The Labute approximate surface area is 131 Å². The predicted octanol–water partition coefficient (Wildman–Crippen LogP) is 0.974. The monoisotopic (exact) mass is 305 g/mol. The van der Waals surface area contributed by atoms with Crippen LogP contribution >= 0.6 is 0 Å². The van der Waals surface area contributed by atoms with E-state index >= 15 is 0 Å². The van der Waals surface area contributed by atoms with E-state index in [0.29, 0.717) is 36.7 Å². The molecule has 0 aromatic heterocycles. The minimum absolute atomic E-state index is 0.0750. The first-order valence-electron chi connectivity index (χ1n) is 8.04. The van der Waals surface area contributed by atoms with E-state index < -0.39 is 7.12 Å². The van der Waals surface area contributed by atoms with Crippen molar-refractivity contribution in [3.05, 3.63) is 24.3 Å². The number of rotatable bonds is 7. The summed E-state index contributed by atoms with van der Waals surface area (Å²) in [5.41, 5.74) is 0.342. The maximum atomic E-state index is 11.9. The van der Waals surface area contributed by atoms with Crippen molar-refractivity contribution in [2.24, 2.45) is 0 Å². The molecule has 6 heteroatoms. The smallest absolute Gasteiger partial charge is 0.492 e. The molecule has 0 saturated heterocycles. The van der Waals surface area contributed by atoms with Gasteiger partial charge in [-0.2, -0.15) is 0 Å². The highest BCUT2D eigenvalue weighted by atomic mass is 16.5. The first-order valence-corrected chi connectivity index (χ1v) is 8.04. The Bertz CT molecular complexity index is 475. The van der Waals surface area contributed by atoms with E-state index in [9.17, 15) is 14.8 Å². The number of nitrogens with one attached hydrogen (secondary N) is 1. The number of ether oxygens (including phenoxy) is 1. The molecule has 120 valence electrons. The summed E-state index contributed by atoms with van der Waals surface area (Å²) in [4.78, 5) is 11.9. The topological polar surface area (TPSA) is 78.8 Å². The Morgan fingerprint density at radius 1 is 1.23 bits per heavy atom. The molecule has 0 atom stereocenters. The van der Waals surface area contributed by atoms with Gasteiger partial charge >= 0.3 is 7.12 Å². The lowest BCUT2D eigenvalue weighted by Gasteiger charge is -2.22. The van der Waals surface area contributed by atoms with E-state index in [-0.39, 0.29) is 5.91 Å². The van der Waals surface area contributed by atoms with Crippen LogP contribution in [0.1, 0.15) is 44.9 Å². The number of amides is 1. The maximum Gasteiger partial charge on any atom is 0.492 e. The summed E-state index contributed by atoms with van der Waals surface area (Å²) in [5, 5.41) is 21.6. The molecule has 1 saturated carbocycles. The SMILES string of the molecule is O=C(CCCOc1ccccc1B(O)O)NC1CCCCC1. The third-order valence-electron chi connectivity index (χ3n) is 3.97. The molecule has 0 spiro atoms. The van der Waals surface area contributed by atoms with E-state index in [2.05, 4.69) is 5.32 Å². The molecule has 1 fully saturated rings. The minimum Gasteiger partial charge on any atom is -0.494 e. The van der Waals surface area contributed by atoms with Gasteiger partial charge in [0, 0.05) is 17.9 Å². The molecule has 1 aromatic rings. The van der Waals surface area contributed by atoms with Crippen molar-refractivity contribution >= 4 is 18.5 Å². The predicted molar refractivity (Wildman–Crippen MR) is 86.0 cm³/mol. The van der Waals surface area contributed by atoms with Crippen LogP contribution in [0.4, 0.5) is 0 Å². The van der Waals surface area contributed by atoms with Gasteiger partial charge in [0.2, 0.25) is 5.91 Å². The molecule has 22 heavy (non-hydrogen) atoms. The molecule has 0 radical (unpaired) electrons. The van der Waals surface area contributed by atoms with Crippen LogP contribution in [0.3, 0.4) is 0 Å². The molecule has 1 amide bonds. The molecule has 0 aliphatic heterocycles. The van der Waals surface area contributed by atoms with Crippen LogP contribution in [0.25, 0.3) is 0 Å². The number of carbonyl (C=O) groups is 1. The van der Waals surface area contributed by atoms with Gasteiger partial charge in [0.15, 0.2) is 0 Å². The number of benzene rings is 1. The maximum absolute atomic E-state index is 11.9. The summed E-state index contributed by atoms with van der Waals surface area (Å²) in [6.45, 7) is 0.377. The summed E-state index contributed by atoms with van der Waals surface area (Å²) < 4.78 is 5.54. The van der Waals surface area contributed by atoms with Crippen LogP contribution in [-0.2, 0) is 4.79 Å². The van der Waals surface area contributed by atoms with Crippen molar-refractivity contribution in [2.45, 2.75) is 51.0 Å². The Morgan fingerprint density at radius 2 is 1.95 bits per heavy atom. The molecule has 0 heterocycles. The summed E-state index contributed by atoms with van der Waals surface area (Å²) in [5.74, 6) is 0.524. The second-order valence-electron chi connectivity index (χ2n) is 5.77. The van der Waals surface area contributed by atoms with Gasteiger partial charge in [0.25, 0.3) is 0 Å². The van der Waals surface area contributed by atoms with Crippen LogP contribution in [0.5, 0.6) is 5.75 Å². The summed E-state index contributed by atoms with van der Waals surface area (Å²) in [7, 11) is -1.55. The lowest BCUT2D eigenvalue weighted by molar-refractivity contribution is -0.122. The highest BCUT2D eigenvalue weighted by Gasteiger charge is 2.17. The lowest BCUT2D eigenvalue weighted by atomic mass is 9.79. The zero-order valence-corrected chi connectivity index (χ0v) is 12.8. The molecule has 0 unspecified atom stereocenters. The largest absolute Gasteiger partial charge is 0.494 e. The zero-order chi connectivity index (χ0) is 15.8. The molecule has 1 aliphatic carbocycles. The van der Waals surface area contributed by atoms with Crippen molar-refractivity contribution in [2.75, 3.05) is 6.61 Å². The standard InChI is InChI=1S/C16H24BNO4/c19-16(18-13-7-2-1-3-8-13)11-6-12-22-15-10-5-4-9-14(15)17(20)21/h4-5,9-10,13,20-21H,1-3,6-8,11-12H2,(H,18,19). The fourth-order valence-electron chi connectivity index (χ4n) is 2.79. The van der Waals surface area contributed by atoms with Gasteiger partial charge in [-0.3, -0.25) is 4.79 Å². The number of carbonyl (C=O) groups excluding carboxylic acids is 1. The van der Waals surface area contributed by atoms with Crippen LogP contribution in [0.2, 0.25) is 0 Å².